The van der Waals surface area contributed by atoms with Crippen molar-refractivity contribution in [2.24, 2.45) is 5.92 Å². The van der Waals surface area contributed by atoms with Crippen LogP contribution in [0.15, 0.2) is 43.0 Å². The van der Waals surface area contributed by atoms with Gasteiger partial charge in [0.15, 0.2) is 0 Å². The normalized spacial score (nSPS) is 19.7. The smallest absolute Gasteiger partial charge is 0.242 e. The van der Waals surface area contributed by atoms with E-state index in [2.05, 4.69) is 20.3 Å². The molecular weight excluding hydrogens is 314 g/mol. The van der Waals surface area contributed by atoms with Crippen LogP contribution in [0.25, 0.3) is 0 Å². The molecular formula is C19H27N5O. The van der Waals surface area contributed by atoms with Crippen molar-refractivity contribution >= 4 is 5.91 Å². The van der Waals surface area contributed by atoms with Crippen LogP contribution in [0.5, 0.6) is 0 Å². The molecule has 3 rings (SSSR count). The zero-order chi connectivity index (χ0) is 17.6. The number of amides is 1. The van der Waals surface area contributed by atoms with Crippen molar-refractivity contribution in [2.45, 2.75) is 45.3 Å². The molecule has 6 nitrogen and oxygen atoms in total. The lowest BCUT2D eigenvalue weighted by Gasteiger charge is -2.38. The van der Waals surface area contributed by atoms with E-state index in [1.807, 2.05) is 48.9 Å². The fraction of sp³-hybridized carbons (Fsp3) is 0.526. The molecule has 2 aromatic rings. The summed E-state index contributed by atoms with van der Waals surface area (Å²) in [7, 11) is 0. The summed E-state index contributed by atoms with van der Waals surface area (Å²) in [6.07, 6.45) is 5.59. The number of carbonyl (C=O) groups excluding carboxylic acids is 1. The molecule has 1 aliphatic rings. The SMILES string of the molecule is CC(C)NC(=O)[C@@H](c1ccccc1)N1CCC[C@H](Cn2cncn2)C1. The first-order valence-electron chi connectivity index (χ1n) is 9.05. The summed E-state index contributed by atoms with van der Waals surface area (Å²) in [5.74, 6) is 0.566. The van der Waals surface area contributed by atoms with E-state index in [1.54, 1.807) is 12.7 Å². The van der Waals surface area contributed by atoms with E-state index in [-0.39, 0.29) is 18.0 Å². The second-order valence-corrected chi connectivity index (χ2v) is 7.10. The van der Waals surface area contributed by atoms with E-state index < -0.39 is 0 Å². The number of hydrogen-bond donors (Lipinski definition) is 1. The Hall–Kier alpha value is -2.21. The summed E-state index contributed by atoms with van der Waals surface area (Å²) in [6, 6.07) is 9.99. The van der Waals surface area contributed by atoms with Gasteiger partial charge in [0.25, 0.3) is 0 Å². The van der Waals surface area contributed by atoms with Crippen LogP contribution in [0.2, 0.25) is 0 Å². The van der Waals surface area contributed by atoms with Crippen LogP contribution in [-0.4, -0.2) is 44.7 Å². The largest absolute Gasteiger partial charge is 0.352 e. The average Bonchev–Trinajstić information content (AvgIpc) is 3.09. The maximum Gasteiger partial charge on any atom is 0.242 e. The zero-order valence-electron chi connectivity index (χ0n) is 15.0. The van der Waals surface area contributed by atoms with Gasteiger partial charge in [-0.05, 0) is 44.7 Å². The highest BCUT2D eigenvalue weighted by atomic mass is 16.2. The molecule has 1 amide bonds. The number of benzene rings is 1. The van der Waals surface area contributed by atoms with Gasteiger partial charge in [-0.15, -0.1) is 0 Å². The summed E-state index contributed by atoms with van der Waals surface area (Å²) >= 11 is 0. The van der Waals surface area contributed by atoms with Crippen LogP contribution >= 0.6 is 0 Å². The number of piperidine rings is 1. The van der Waals surface area contributed by atoms with Gasteiger partial charge in [0, 0.05) is 19.1 Å². The molecule has 2 atom stereocenters. The average molecular weight is 341 g/mol. The van der Waals surface area contributed by atoms with E-state index in [4.69, 9.17) is 0 Å². The molecule has 0 bridgehead atoms. The Morgan fingerprint density at radius 1 is 1.32 bits per heavy atom. The first kappa shape index (κ1) is 17.6. The highest BCUT2D eigenvalue weighted by Gasteiger charge is 2.32. The molecule has 0 radical (unpaired) electrons. The Labute approximate surface area is 149 Å². The zero-order valence-corrected chi connectivity index (χ0v) is 15.0. The molecule has 0 unspecified atom stereocenters. The van der Waals surface area contributed by atoms with E-state index in [0.29, 0.717) is 5.92 Å². The Morgan fingerprint density at radius 2 is 2.12 bits per heavy atom. The Kier molecular flexibility index (Phi) is 5.81. The molecule has 25 heavy (non-hydrogen) atoms. The molecule has 0 saturated carbocycles. The highest BCUT2D eigenvalue weighted by molar-refractivity contribution is 5.83. The predicted octanol–water partition coefficient (Wildman–Crippen LogP) is 2.26. The number of nitrogens with zero attached hydrogens (tertiary/aromatic N) is 4. The van der Waals surface area contributed by atoms with Crippen LogP contribution in [-0.2, 0) is 11.3 Å². The van der Waals surface area contributed by atoms with Gasteiger partial charge in [-0.1, -0.05) is 30.3 Å². The van der Waals surface area contributed by atoms with Crippen molar-refractivity contribution in [3.8, 4) is 0 Å². The molecule has 1 fully saturated rings. The Bertz CT molecular complexity index is 656. The number of carbonyl (C=O) groups is 1. The van der Waals surface area contributed by atoms with Gasteiger partial charge < -0.3 is 5.32 Å². The second-order valence-electron chi connectivity index (χ2n) is 7.10. The van der Waals surface area contributed by atoms with Crippen LogP contribution in [0.1, 0.15) is 38.3 Å². The quantitative estimate of drug-likeness (QED) is 0.875. The lowest BCUT2D eigenvalue weighted by Crippen LogP contribution is -2.47. The summed E-state index contributed by atoms with van der Waals surface area (Å²) in [5, 5.41) is 7.31. The van der Waals surface area contributed by atoms with Crippen molar-refractivity contribution in [2.75, 3.05) is 13.1 Å². The van der Waals surface area contributed by atoms with Crippen molar-refractivity contribution in [1.82, 2.24) is 25.0 Å². The molecule has 1 aromatic carbocycles. The number of nitrogens with one attached hydrogen (secondary N) is 1. The van der Waals surface area contributed by atoms with Crippen molar-refractivity contribution < 1.29 is 4.79 Å². The second kappa shape index (κ2) is 8.25. The van der Waals surface area contributed by atoms with Crippen molar-refractivity contribution in [3.63, 3.8) is 0 Å². The first-order valence-corrected chi connectivity index (χ1v) is 9.05. The molecule has 0 aliphatic carbocycles. The minimum Gasteiger partial charge on any atom is -0.352 e. The summed E-state index contributed by atoms with van der Waals surface area (Å²) in [5.41, 5.74) is 1.06. The van der Waals surface area contributed by atoms with E-state index >= 15 is 0 Å². The number of aromatic nitrogens is 3. The van der Waals surface area contributed by atoms with Crippen LogP contribution in [0.3, 0.4) is 0 Å². The monoisotopic (exact) mass is 341 g/mol. The molecule has 134 valence electrons. The molecule has 2 heterocycles. The van der Waals surface area contributed by atoms with Gasteiger partial charge in [0.05, 0.1) is 0 Å². The molecule has 1 aliphatic heterocycles. The number of likely N-dealkylation sites (tertiary alicyclic amines) is 1. The molecule has 1 aromatic heterocycles. The molecule has 1 saturated heterocycles. The van der Waals surface area contributed by atoms with Gasteiger partial charge in [-0.3, -0.25) is 14.4 Å². The fourth-order valence-electron chi connectivity index (χ4n) is 3.60. The van der Waals surface area contributed by atoms with Crippen LogP contribution < -0.4 is 5.32 Å². The maximum absolute atomic E-state index is 12.9. The van der Waals surface area contributed by atoms with Gasteiger partial charge in [-0.25, -0.2) is 4.98 Å². The van der Waals surface area contributed by atoms with Gasteiger partial charge in [0.2, 0.25) is 5.91 Å². The van der Waals surface area contributed by atoms with Crippen LogP contribution in [0, 0.1) is 5.92 Å². The van der Waals surface area contributed by atoms with E-state index in [1.165, 1.54) is 0 Å². The summed E-state index contributed by atoms with van der Waals surface area (Å²) in [6.45, 7) is 6.70. The topological polar surface area (TPSA) is 63.1 Å². The fourth-order valence-corrected chi connectivity index (χ4v) is 3.60. The predicted molar refractivity (Wildman–Crippen MR) is 96.8 cm³/mol. The van der Waals surface area contributed by atoms with E-state index in [0.717, 1.165) is 38.0 Å². The van der Waals surface area contributed by atoms with Gasteiger partial charge >= 0.3 is 0 Å². The maximum atomic E-state index is 12.9. The molecule has 0 spiro atoms. The van der Waals surface area contributed by atoms with Gasteiger partial charge in [-0.2, -0.15) is 5.10 Å². The first-order chi connectivity index (χ1) is 12.1. The van der Waals surface area contributed by atoms with Crippen molar-refractivity contribution in [3.05, 3.63) is 48.5 Å². The third-order valence-electron chi connectivity index (χ3n) is 4.62. The number of hydrogen-bond acceptors (Lipinski definition) is 4. The third kappa shape index (κ3) is 4.66. The van der Waals surface area contributed by atoms with E-state index in [9.17, 15) is 4.79 Å². The van der Waals surface area contributed by atoms with Gasteiger partial charge in [0.1, 0.15) is 18.7 Å². The Balaban J connectivity index is 1.76. The minimum absolute atomic E-state index is 0.0857. The lowest BCUT2D eigenvalue weighted by atomic mass is 9.94. The summed E-state index contributed by atoms with van der Waals surface area (Å²) in [4.78, 5) is 19.2. The van der Waals surface area contributed by atoms with Crippen molar-refractivity contribution in [1.29, 1.82) is 0 Å². The number of rotatable bonds is 6. The highest BCUT2D eigenvalue weighted by Crippen LogP contribution is 2.28. The summed E-state index contributed by atoms with van der Waals surface area (Å²) < 4.78 is 1.89. The van der Waals surface area contributed by atoms with Crippen LogP contribution in [0.4, 0.5) is 0 Å². The minimum atomic E-state index is -0.234. The molecule has 1 N–H and O–H groups in total. The standard InChI is InChI=1S/C19H27N5O/c1-15(2)22-19(25)18(17-8-4-3-5-9-17)23-10-6-7-16(11-23)12-24-14-20-13-21-24/h3-5,8-9,13-16,18H,6-7,10-12H2,1-2H3,(H,22,25)/t16-,18+/m0/s1. The Morgan fingerprint density at radius 3 is 2.80 bits per heavy atom. The lowest BCUT2D eigenvalue weighted by molar-refractivity contribution is -0.128. The molecule has 6 heteroatoms. The third-order valence-corrected chi connectivity index (χ3v) is 4.62.